The highest BCUT2D eigenvalue weighted by atomic mass is 16.2. The summed E-state index contributed by atoms with van der Waals surface area (Å²) in [4.78, 5) is 46.9. The minimum atomic E-state index is -0.616. The molecule has 198 valence electrons. The van der Waals surface area contributed by atoms with E-state index in [4.69, 9.17) is 0 Å². The normalized spacial score (nSPS) is 18.6. The van der Waals surface area contributed by atoms with Gasteiger partial charge in [-0.2, -0.15) is 0 Å². The first kappa shape index (κ1) is 24.9. The molecule has 2 N–H and O–H groups in total. The number of H-pyrrole nitrogens is 1. The smallest absolute Gasteiger partial charge is 0.332 e. The van der Waals surface area contributed by atoms with Crippen molar-refractivity contribution in [3.05, 3.63) is 101 Å². The number of anilines is 1. The predicted octanol–water partition coefficient (Wildman–Crippen LogP) is 5.74. The van der Waals surface area contributed by atoms with Crippen molar-refractivity contribution in [3.63, 3.8) is 0 Å². The van der Waals surface area contributed by atoms with Gasteiger partial charge < -0.3 is 10.3 Å². The van der Waals surface area contributed by atoms with Crippen LogP contribution in [0.2, 0.25) is 0 Å². The van der Waals surface area contributed by atoms with E-state index in [-0.39, 0.29) is 17.8 Å². The first-order chi connectivity index (χ1) is 18.8. The van der Waals surface area contributed by atoms with Gasteiger partial charge in [-0.1, -0.05) is 61.9 Å². The van der Waals surface area contributed by atoms with Crippen molar-refractivity contribution in [1.29, 1.82) is 0 Å². The van der Waals surface area contributed by atoms with Crippen molar-refractivity contribution >= 4 is 34.4 Å². The summed E-state index contributed by atoms with van der Waals surface area (Å²) in [5, 5.41) is 4.01. The van der Waals surface area contributed by atoms with E-state index in [0.29, 0.717) is 30.1 Å². The van der Waals surface area contributed by atoms with Crippen LogP contribution in [0.4, 0.5) is 10.5 Å². The molecule has 7 nitrogen and oxygen atoms in total. The third-order valence-corrected chi connectivity index (χ3v) is 7.84. The molecule has 3 heterocycles. The number of carbonyl (C=O) groups excluding carboxylic acids is 3. The molecule has 39 heavy (non-hydrogen) atoms. The first-order valence-corrected chi connectivity index (χ1v) is 13.5. The Morgan fingerprint density at radius 3 is 2.44 bits per heavy atom. The molecule has 2 atom stereocenters. The summed E-state index contributed by atoms with van der Waals surface area (Å²) >= 11 is 0. The van der Waals surface area contributed by atoms with E-state index in [1.807, 2.05) is 49.4 Å². The number of urea groups is 1. The van der Waals surface area contributed by atoms with Crippen molar-refractivity contribution in [2.45, 2.75) is 45.7 Å². The zero-order valence-corrected chi connectivity index (χ0v) is 22.4. The van der Waals surface area contributed by atoms with E-state index in [1.54, 1.807) is 29.2 Å². The third-order valence-electron chi connectivity index (χ3n) is 7.84. The molecule has 0 saturated carbocycles. The van der Waals surface area contributed by atoms with Gasteiger partial charge in [-0.15, -0.1) is 0 Å². The summed E-state index contributed by atoms with van der Waals surface area (Å²) in [6, 6.07) is 21.5. The number of fused-ring (bicyclic) bond motifs is 4. The second-order valence-corrected chi connectivity index (χ2v) is 10.9. The molecule has 6 rings (SSSR count). The van der Waals surface area contributed by atoms with E-state index in [9.17, 15) is 14.4 Å². The monoisotopic (exact) mass is 520 g/mol. The SMILES string of the molecule is Cc1ccc([C@@H]2c3[nH]c4ccccc4c3C[C@H]3C(=O)N(c4ccc(C(=O)NCCC(C)C)cc4)C(=O)N23)cc1. The van der Waals surface area contributed by atoms with Crippen molar-refractivity contribution < 1.29 is 14.4 Å². The van der Waals surface area contributed by atoms with E-state index in [2.05, 4.69) is 30.2 Å². The number of benzene rings is 3. The maximum Gasteiger partial charge on any atom is 0.332 e. The number of nitrogens with one attached hydrogen (secondary N) is 2. The summed E-state index contributed by atoms with van der Waals surface area (Å²) < 4.78 is 0. The van der Waals surface area contributed by atoms with Crippen molar-refractivity contribution in [1.82, 2.24) is 15.2 Å². The number of carbonyl (C=O) groups is 3. The number of hydrogen-bond donors (Lipinski definition) is 2. The van der Waals surface area contributed by atoms with Crippen LogP contribution in [0.5, 0.6) is 0 Å². The number of aromatic amines is 1. The Morgan fingerprint density at radius 1 is 1.00 bits per heavy atom. The van der Waals surface area contributed by atoms with Crippen LogP contribution >= 0.6 is 0 Å². The van der Waals surface area contributed by atoms with E-state index in [1.165, 1.54) is 4.90 Å². The zero-order chi connectivity index (χ0) is 27.3. The van der Waals surface area contributed by atoms with E-state index >= 15 is 0 Å². The lowest BCUT2D eigenvalue weighted by Crippen LogP contribution is -2.44. The lowest BCUT2D eigenvalue weighted by molar-refractivity contribution is -0.120. The van der Waals surface area contributed by atoms with Crippen LogP contribution in [0.15, 0.2) is 72.8 Å². The summed E-state index contributed by atoms with van der Waals surface area (Å²) in [5.41, 5.74) is 6.07. The molecule has 4 aromatic rings. The van der Waals surface area contributed by atoms with Gasteiger partial charge in [-0.05, 0) is 60.7 Å². The number of aryl methyl sites for hydroxylation is 1. The lowest BCUT2D eigenvalue weighted by atomic mass is 9.88. The average molecular weight is 521 g/mol. The highest BCUT2D eigenvalue weighted by Gasteiger charge is 2.53. The number of para-hydroxylation sites is 1. The fraction of sp³-hybridized carbons (Fsp3) is 0.281. The van der Waals surface area contributed by atoms with Gasteiger partial charge in [0.2, 0.25) is 0 Å². The van der Waals surface area contributed by atoms with E-state index < -0.39 is 12.1 Å². The Kier molecular flexibility index (Phi) is 6.22. The van der Waals surface area contributed by atoms with Gasteiger partial charge in [0.15, 0.2) is 0 Å². The summed E-state index contributed by atoms with van der Waals surface area (Å²) in [7, 11) is 0. The molecule has 1 saturated heterocycles. The number of imide groups is 1. The highest BCUT2D eigenvalue weighted by molar-refractivity contribution is 6.22. The van der Waals surface area contributed by atoms with Crippen LogP contribution in [0.3, 0.4) is 0 Å². The maximum atomic E-state index is 14.0. The second kappa shape index (κ2) is 9.73. The molecule has 0 unspecified atom stereocenters. The summed E-state index contributed by atoms with van der Waals surface area (Å²) in [6.45, 7) is 6.86. The Hall–Kier alpha value is -4.39. The molecule has 0 aliphatic carbocycles. The number of nitrogens with zero attached hydrogens (tertiary/aromatic N) is 2. The van der Waals surface area contributed by atoms with Gasteiger partial charge in [0.1, 0.15) is 12.1 Å². The summed E-state index contributed by atoms with van der Waals surface area (Å²) in [6.07, 6.45) is 1.34. The Labute approximate surface area is 227 Å². The minimum absolute atomic E-state index is 0.163. The fourth-order valence-electron chi connectivity index (χ4n) is 5.75. The van der Waals surface area contributed by atoms with Gasteiger partial charge in [0.05, 0.1) is 5.69 Å². The first-order valence-electron chi connectivity index (χ1n) is 13.5. The fourth-order valence-corrected chi connectivity index (χ4v) is 5.75. The molecule has 7 heteroatoms. The molecule has 0 radical (unpaired) electrons. The molecule has 1 aromatic heterocycles. The Bertz CT molecular complexity index is 1570. The molecule has 4 amide bonds. The molecule has 2 aliphatic heterocycles. The Morgan fingerprint density at radius 2 is 1.72 bits per heavy atom. The summed E-state index contributed by atoms with van der Waals surface area (Å²) in [5.74, 6) is 0.0901. The van der Waals surface area contributed by atoms with Gasteiger partial charge in [-0.25, -0.2) is 9.69 Å². The zero-order valence-electron chi connectivity index (χ0n) is 22.4. The molecule has 0 bridgehead atoms. The van der Waals surface area contributed by atoms with Crippen LogP contribution in [0.25, 0.3) is 10.9 Å². The van der Waals surface area contributed by atoms with Crippen molar-refractivity contribution in [2.24, 2.45) is 5.92 Å². The number of hydrogen-bond acceptors (Lipinski definition) is 3. The molecule has 0 spiro atoms. The molecular formula is C32H32N4O3. The Balaban J connectivity index is 1.35. The van der Waals surface area contributed by atoms with Crippen molar-refractivity contribution in [3.8, 4) is 0 Å². The number of rotatable bonds is 6. The van der Waals surface area contributed by atoms with Gasteiger partial charge >= 0.3 is 6.03 Å². The maximum absolute atomic E-state index is 14.0. The second-order valence-electron chi connectivity index (χ2n) is 10.9. The lowest BCUT2D eigenvalue weighted by Gasteiger charge is -2.36. The van der Waals surface area contributed by atoms with Crippen LogP contribution in [-0.2, 0) is 11.2 Å². The molecule has 2 aliphatic rings. The van der Waals surface area contributed by atoms with Crippen LogP contribution in [-0.4, -0.2) is 40.3 Å². The van der Waals surface area contributed by atoms with Gasteiger partial charge in [-0.3, -0.25) is 14.5 Å². The topological polar surface area (TPSA) is 85.5 Å². The molecule has 1 fully saturated rings. The van der Waals surface area contributed by atoms with Crippen LogP contribution in [0.1, 0.15) is 59.1 Å². The van der Waals surface area contributed by atoms with Crippen LogP contribution in [0, 0.1) is 12.8 Å². The predicted molar refractivity (Wildman–Crippen MR) is 152 cm³/mol. The quantitative estimate of drug-likeness (QED) is 0.318. The van der Waals surface area contributed by atoms with Crippen LogP contribution < -0.4 is 10.2 Å². The van der Waals surface area contributed by atoms with Gasteiger partial charge in [0.25, 0.3) is 11.8 Å². The van der Waals surface area contributed by atoms with Crippen molar-refractivity contribution in [2.75, 3.05) is 11.4 Å². The molecule has 3 aromatic carbocycles. The molecular weight excluding hydrogens is 488 g/mol. The number of amides is 4. The van der Waals surface area contributed by atoms with E-state index in [0.717, 1.165) is 39.7 Å². The largest absolute Gasteiger partial charge is 0.356 e. The third kappa shape index (κ3) is 4.28. The van der Waals surface area contributed by atoms with Gasteiger partial charge in [0, 0.05) is 35.1 Å². The highest BCUT2D eigenvalue weighted by Crippen LogP contribution is 2.44. The minimum Gasteiger partial charge on any atom is -0.356 e. The average Bonchev–Trinajstić information content (AvgIpc) is 3.42. The number of aromatic nitrogens is 1. The standard InChI is InChI=1S/C32H32N4O3/c1-19(2)16-17-33-30(37)22-12-14-23(15-13-22)35-31(38)27-18-25-24-6-4-5-7-26(24)34-28(25)29(36(27)32(35)39)21-10-8-20(3)9-11-21/h4-15,19,27,29,34H,16-18H2,1-3H3,(H,33,37)/t27-,29+/m0/s1.